The highest BCUT2D eigenvalue weighted by Crippen LogP contribution is 2.41. The molecule has 0 bridgehead atoms. The molecule has 0 saturated carbocycles. The van der Waals surface area contributed by atoms with Gasteiger partial charge in [0.2, 0.25) is 5.88 Å². The van der Waals surface area contributed by atoms with Crippen molar-refractivity contribution in [2.75, 3.05) is 7.11 Å². The molecule has 3 aromatic carbocycles. The Morgan fingerprint density at radius 2 is 1.78 bits per heavy atom. The van der Waals surface area contributed by atoms with Crippen LogP contribution >= 0.6 is 0 Å². The molecule has 0 saturated heterocycles. The molecule has 6 nitrogen and oxygen atoms in total. The van der Waals surface area contributed by atoms with Gasteiger partial charge in [-0.15, -0.1) is 0 Å². The summed E-state index contributed by atoms with van der Waals surface area (Å²) in [5, 5.41) is 33.3. The van der Waals surface area contributed by atoms with E-state index in [0.717, 1.165) is 34.1 Å². The number of aromatic hydroxyl groups is 1. The quantitative estimate of drug-likeness (QED) is 0.264. The van der Waals surface area contributed by atoms with E-state index in [1.165, 1.54) is 0 Å². The number of nitrogens with zero attached hydrogens (tertiary/aromatic N) is 2. The molecule has 37 heavy (non-hydrogen) atoms. The Morgan fingerprint density at radius 1 is 1.03 bits per heavy atom. The minimum absolute atomic E-state index is 0.119. The van der Waals surface area contributed by atoms with Crippen molar-refractivity contribution in [1.82, 2.24) is 4.98 Å². The van der Waals surface area contributed by atoms with Crippen LogP contribution in [0.25, 0.3) is 22.0 Å². The Kier molecular flexibility index (Phi) is 7.71. The Bertz CT molecular complexity index is 1490. The fourth-order valence-corrected chi connectivity index (χ4v) is 4.69. The predicted octanol–water partition coefficient (Wildman–Crippen LogP) is 5.90. The Balaban J connectivity index is 2.02. The van der Waals surface area contributed by atoms with E-state index in [-0.39, 0.29) is 12.4 Å². The second kappa shape index (κ2) is 10.9. The molecule has 0 fully saturated rings. The number of phenolic OH excluding ortho intramolecular Hbond substituents is 1. The summed E-state index contributed by atoms with van der Waals surface area (Å²) < 4.78 is 5.44. The summed E-state index contributed by atoms with van der Waals surface area (Å²) in [4.78, 5) is 8.88. The van der Waals surface area contributed by atoms with E-state index >= 15 is 0 Å². The van der Waals surface area contributed by atoms with Gasteiger partial charge in [-0.25, -0.2) is 4.98 Å². The molecule has 0 spiro atoms. The van der Waals surface area contributed by atoms with Crippen molar-refractivity contribution in [1.29, 1.82) is 0 Å². The highest BCUT2D eigenvalue weighted by atomic mass is 16.5. The molecule has 4 aromatic rings. The van der Waals surface area contributed by atoms with Crippen LogP contribution in [0.1, 0.15) is 43.0 Å². The molecular formula is C31H32N2O4. The molecule has 0 aliphatic heterocycles. The number of pyridine rings is 1. The van der Waals surface area contributed by atoms with Gasteiger partial charge in [0.1, 0.15) is 11.4 Å². The molecule has 3 N–H and O–H groups in total. The third-order valence-electron chi connectivity index (χ3n) is 6.73. The van der Waals surface area contributed by atoms with Crippen molar-refractivity contribution < 1.29 is 20.1 Å². The molecule has 0 radical (unpaired) electrons. The van der Waals surface area contributed by atoms with Gasteiger partial charge in [0.05, 0.1) is 19.2 Å². The van der Waals surface area contributed by atoms with Gasteiger partial charge in [-0.2, -0.15) is 0 Å². The second-order valence-electron chi connectivity index (χ2n) is 8.92. The predicted molar refractivity (Wildman–Crippen MR) is 148 cm³/mol. The normalized spacial score (nSPS) is 13.7. The molecule has 0 aliphatic carbocycles. The van der Waals surface area contributed by atoms with E-state index in [4.69, 9.17) is 4.74 Å². The van der Waals surface area contributed by atoms with Gasteiger partial charge in [0, 0.05) is 23.9 Å². The maximum absolute atomic E-state index is 12.4. The van der Waals surface area contributed by atoms with Crippen LogP contribution in [0.3, 0.4) is 0 Å². The van der Waals surface area contributed by atoms with Crippen LogP contribution in [0.15, 0.2) is 83.5 Å². The van der Waals surface area contributed by atoms with Gasteiger partial charge in [-0.3, -0.25) is 4.99 Å². The van der Waals surface area contributed by atoms with Crippen LogP contribution in [0.4, 0.5) is 0 Å². The Labute approximate surface area is 217 Å². The number of ether oxygens (including phenoxy) is 1. The number of methoxy groups -OCH3 is 1. The molecule has 190 valence electrons. The fraction of sp³-hybridized carbons (Fsp3) is 0.226. The third kappa shape index (κ3) is 4.99. The van der Waals surface area contributed by atoms with E-state index in [0.29, 0.717) is 28.1 Å². The topological polar surface area (TPSA) is 95.2 Å². The summed E-state index contributed by atoms with van der Waals surface area (Å²) in [6.45, 7) is 5.58. The summed E-state index contributed by atoms with van der Waals surface area (Å²) in [5.41, 5.74) is 4.47. The van der Waals surface area contributed by atoms with Crippen LogP contribution in [-0.4, -0.2) is 33.6 Å². The Morgan fingerprint density at radius 3 is 2.46 bits per heavy atom. The first kappa shape index (κ1) is 26.1. The largest absolute Gasteiger partial charge is 0.508 e. The van der Waals surface area contributed by atoms with E-state index in [1.54, 1.807) is 37.7 Å². The molecule has 1 aromatic heterocycles. The van der Waals surface area contributed by atoms with E-state index in [1.807, 2.05) is 69.3 Å². The van der Waals surface area contributed by atoms with Gasteiger partial charge in [0.25, 0.3) is 0 Å². The second-order valence-corrected chi connectivity index (χ2v) is 8.92. The standard InChI is InChI=1S/C31H32N2O4/c1-5-21-10-11-24(14-23(21)19-34)31(36,20(3)18-32-6-2)25-12-13-29-28(16-25)27(17-30(33-29)37-4)22-8-7-9-26(35)15-22/h6-18,34-36H,5,19H2,1-4H3/b20-18+,32-6?. The molecule has 0 aliphatic rings. The van der Waals surface area contributed by atoms with Gasteiger partial charge in [0.15, 0.2) is 0 Å². The lowest BCUT2D eigenvalue weighted by molar-refractivity contribution is 0.120. The number of phenols is 1. The number of hydrogen-bond donors (Lipinski definition) is 3. The number of aliphatic hydroxyl groups is 2. The van der Waals surface area contributed by atoms with Crippen LogP contribution in [0.2, 0.25) is 0 Å². The van der Waals surface area contributed by atoms with Gasteiger partial charge < -0.3 is 20.1 Å². The number of rotatable bonds is 8. The first-order chi connectivity index (χ1) is 17.8. The highest BCUT2D eigenvalue weighted by molar-refractivity contribution is 5.96. The van der Waals surface area contributed by atoms with Crippen molar-refractivity contribution in [2.45, 2.75) is 39.4 Å². The number of aromatic nitrogens is 1. The van der Waals surface area contributed by atoms with Gasteiger partial charge >= 0.3 is 0 Å². The van der Waals surface area contributed by atoms with Crippen molar-refractivity contribution in [3.8, 4) is 22.8 Å². The molecule has 6 heteroatoms. The first-order valence-corrected chi connectivity index (χ1v) is 12.2. The van der Waals surface area contributed by atoms with Crippen LogP contribution in [-0.2, 0) is 18.6 Å². The first-order valence-electron chi connectivity index (χ1n) is 12.2. The van der Waals surface area contributed by atoms with E-state index in [2.05, 4.69) is 9.98 Å². The lowest BCUT2D eigenvalue weighted by Gasteiger charge is -2.31. The lowest BCUT2D eigenvalue weighted by Crippen LogP contribution is -2.29. The summed E-state index contributed by atoms with van der Waals surface area (Å²) in [6, 6.07) is 20.2. The molecular weight excluding hydrogens is 464 g/mol. The molecule has 1 heterocycles. The zero-order chi connectivity index (χ0) is 26.6. The zero-order valence-corrected chi connectivity index (χ0v) is 21.6. The van der Waals surface area contributed by atoms with E-state index in [9.17, 15) is 15.3 Å². The maximum atomic E-state index is 12.4. The average molecular weight is 497 g/mol. The Hall–Kier alpha value is -4.00. The molecule has 4 rings (SSSR count). The maximum Gasteiger partial charge on any atom is 0.214 e. The fourth-order valence-electron chi connectivity index (χ4n) is 4.69. The SMILES string of the molecule is CC=N/C=C(\C)C(O)(c1ccc(CC)c(CO)c1)c1ccc2nc(OC)cc(-c3cccc(O)c3)c2c1. The minimum Gasteiger partial charge on any atom is -0.508 e. The average Bonchev–Trinajstić information content (AvgIpc) is 2.93. The monoisotopic (exact) mass is 496 g/mol. The lowest BCUT2D eigenvalue weighted by atomic mass is 9.79. The van der Waals surface area contributed by atoms with Crippen molar-refractivity contribution >= 4 is 17.1 Å². The highest BCUT2D eigenvalue weighted by Gasteiger charge is 2.35. The van der Waals surface area contributed by atoms with Crippen LogP contribution < -0.4 is 4.74 Å². The molecule has 1 unspecified atom stereocenters. The number of hydrogen-bond acceptors (Lipinski definition) is 6. The van der Waals surface area contributed by atoms with Crippen molar-refractivity contribution in [3.63, 3.8) is 0 Å². The van der Waals surface area contributed by atoms with E-state index < -0.39 is 5.60 Å². The number of fused-ring (bicyclic) bond motifs is 1. The summed E-state index contributed by atoms with van der Waals surface area (Å²) >= 11 is 0. The van der Waals surface area contributed by atoms with Crippen molar-refractivity contribution in [2.24, 2.45) is 4.99 Å². The minimum atomic E-state index is -1.52. The van der Waals surface area contributed by atoms with Gasteiger partial charge in [-0.05, 0) is 89.6 Å². The number of aliphatic imine (C=N–C) groups is 1. The summed E-state index contributed by atoms with van der Waals surface area (Å²) in [6.07, 6.45) is 4.10. The smallest absolute Gasteiger partial charge is 0.214 e. The molecule has 1 atom stereocenters. The number of aliphatic hydroxyl groups excluding tert-OH is 1. The van der Waals surface area contributed by atoms with Crippen LogP contribution in [0.5, 0.6) is 11.6 Å². The summed E-state index contributed by atoms with van der Waals surface area (Å²) in [7, 11) is 1.56. The third-order valence-corrected chi connectivity index (χ3v) is 6.73. The number of aryl methyl sites for hydroxylation is 1. The van der Waals surface area contributed by atoms with Crippen LogP contribution in [0, 0.1) is 0 Å². The van der Waals surface area contributed by atoms with Crippen molar-refractivity contribution in [3.05, 3.63) is 101 Å². The van der Waals surface area contributed by atoms with Gasteiger partial charge in [-0.1, -0.05) is 37.3 Å². The molecule has 0 amide bonds. The zero-order valence-electron chi connectivity index (χ0n) is 21.6. The number of benzene rings is 3. The summed E-state index contributed by atoms with van der Waals surface area (Å²) in [5.74, 6) is 0.600.